The highest BCUT2D eigenvalue weighted by molar-refractivity contribution is 5.87. The Morgan fingerprint density at radius 1 is 0.700 bits per heavy atom. The number of rotatable bonds is 10. The number of H-pyrrole nitrogens is 2. The molecule has 3 saturated carbocycles. The van der Waals surface area contributed by atoms with Gasteiger partial charge in [0.25, 0.3) is 0 Å². The van der Waals surface area contributed by atoms with Crippen molar-refractivity contribution in [2.45, 2.75) is 127 Å². The molecule has 4 heterocycles. The van der Waals surface area contributed by atoms with Crippen molar-refractivity contribution in [3.05, 3.63) is 35.4 Å². The standard InChI is InChI=1S/C36H54N8O6/c1-21(2)27(41-33(47)49-5)31(45)43-17-7-9-23(43)29-37-19-25(39-29)35-11-14-36(15-12-35,16-13-35)26-20-38-30(40-26)24-10-8-18-44(24)32(46)28(22(3)4)42-34(48)50-6/h19-24,27-28H,7-18H2,1-6H3,(H,37,39)(H,38,40)(H,41,47)(H,42,48)/t23-,24?,27?,28?,35?,36?/m0/s1. The SMILES string of the molecule is COC(=O)NC(C(=O)N1CCCC1c1ncc(C23CCC(c4cnc([C@@H]5CCCN5C(=O)C(NC(=O)OC)C(C)C)[nH]4)(CC2)CC3)[nH]1)C(C)C. The molecule has 2 aromatic rings. The predicted octanol–water partition coefficient (Wildman–Crippen LogP) is 4.76. The number of alkyl carbamates (subject to hydrolysis) is 2. The molecule has 0 radical (unpaired) electrons. The molecule has 0 spiro atoms. The number of nitrogens with zero attached hydrogens (tertiary/aromatic N) is 4. The maximum atomic E-state index is 13.6. The van der Waals surface area contributed by atoms with E-state index >= 15 is 0 Å². The number of aromatic amines is 2. The molecule has 5 fully saturated rings. The molecule has 2 bridgehead atoms. The lowest BCUT2D eigenvalue weighted by Gasteiger charge is -2.52. The van der Waals surface area contributed by atoms with Gasteiger partial charge in [-0.2, -0.15) is 0 Å². The highest BCUT2D eigenvalue weighted by Gasteiger charge is 2.52. The van der Waals surface area contributed by atoms with Crippen molar-refractivity contribution in [3.8, 4) is 0 Å². The van der Waals surface area contributed by atoms with Crippen molar-refractivity contribution in [3.63, 3.8) is 0 Å². The Balaban J connectivity index is 1.12. The highest BCUT2D eigenvalue weighted by atomic mass is 16.5. The van der Waals surface area contributed by atoms with Crippen molar-refractivity contribution in [2.75, 3.05) is 27.3 Å². The van der Waals surface area contributed by atoms with Crippen LogP contribution in [-0.2, 0) is 29.9 Å². The average molecular weight is 695 g/mol. The Labute approximate surface area is 294 Å². The molecule has 14 heteroatoms. The summed E-state index contributed by atoms with van der Waals surface area (Å²) in [6.07, 6.45) is 12.3. The Bertz CT molecular complexity index is 1430. The van der Waals surface area contributed by atoms with Crippen LogP contribution in [0.4, 0.5) is 9.59 Å². The summed E-state index contributed by atoms with van der Waals surface area (Å²) >= 11 is 0. The van der Waals surface area contributed by atoms with Crippen LogP contribution in [0.2, 0.25) is 0 Å². The lowest BCUT2D eigenvalue weighted by atomic mass is 9.52. The fourth-order valence-corrected chi connectivity index (χ4v) is 8.93. The molecular weight excluding hydrogens is 640 g/mol. The third-order valence-electron chi connectivity index (χ3n) is 12.1. The summed E-state index contributed by atoms with van der Waals surface area (Å²) in [5.74, 6) is 1.25. The van der Waals surface area contributed by atoms with Gasteiger partial charge in [-0.05, 0) is 76.0 Å². The van der Waals surface area contributed by atoms with Gasteiger partial charge in [0, 0.05) is 47.7 Å². The zero-order valence-electron chi connectivity index (χ0n) is 30.3. The maximum absolute atomic E-state index is 13.6. The van der Waals surface area contributed by atoms with Gasteiger partial charge in [0.05, 0.1) is 26.3 Å². The number of nitrogens with one attached hydrogen (secondary N) is 4. The third kappa shape index (κ3) is 6.57. The highest BCUT2D eigenvalue weighted by Crippen LogP contribution is 2.58. The number of carbonyl (C=O) groups excluding carboxylic acids is 4. The number of aromatic nitrogens is 4. The van der Waals surface area contributed by atoms with E-state index in [0.717, 1.165) is 87.2 Å². The van der Waals surface area contributed by atoms with Gasteiger partial charge in [-0.25, -0.2) is 19.6 Å². The first-order valence-corrected chi connectivity index (χ1v) is 18.3. The van der Waals surface area contributed by atoms with Gasteiger partial charge in [-0.15, -0.1) is 0 Å². The van der Waals surface area contributed by atoms with Crippen molar-refractivity contribution in [1.82, 2.24) is 40.4 Å². The summed E-state index contributed by atoms with van der Waals surface area (Å²) in [5, 5.41) is 5.45. The van der Waals surface area contributed by atoms with Gasteiger partial charge in [-0.3, -0.25) is 9.59 Å². The van der Waals surface area contributed by atoms with Gasteiger partial charge in [0.1, 0.15) is 23.7 Å². The minimum atomic E-state index is -0.665. The van der Waals surface area contributed by atoms with E-state index in [9.17, 15) is 19.2 Å². The smallest absolute Gasteiger partial charge is 0.407 e. The topological polar surface area (TPSA) is 175 Å². The summed E-state index contributed by atoms with van der Waals surface area (Å²) < 4.78 is 9.56. The van der Waals surface area contributed by atoms with Gasteiger partial charge in [0.2, 0.25) is 11.8 Å². The molecule has 274 valence electrons. The van der Waals surface area contributed by atoms with E-state index in [1.165, 1.54) is 14.2 Å². The number of imidazole rings is 2. The zero-order chi connectivity index (χ0) is 35.8. The number of fused-ring (bicyclic) bond motifs is 3. The number of amides is 4. The lowest BCUT2D eigenvalue weighted by Crippen LogP contribution is -2.51. The largest absolute Gasteiger partial charge is 0.453 e. The summed E-state index contributed by atoms with van der Waals surface area (Å²) in [6.45, 7) is 8.93. The van der Waals surface area contributed by atoms with Crippen molar-refractivity contribution in [2.24, 2.45) is 11.8 Å². The molecule has 2 aromatic heterocycles. The fourth-order valence-electron chi connectivity index (χ4n) is 8.93. The van der Waals surface area contributed by atoms with Crippen molar-refractivity contribution >= 4 is 24.0 Å². The Kier molecular flexibility index (Phi) is 10.2. The molecular formula is C36H54N8O6. The molecule has 2 aliphatic heterocycles. The number of carbonyl (C=O) groups is 4. The van der Waals surface area contributed by atoms with Crippen LogP contribution in [0.5, 0.6) is 0 Å². The van der Waals surface area contributed by atoms with Gasteiger partial charge in [0.15, 0.2) is 0 Å². The number of hydrogen-bond donors (Lipinski definition) is 4. The summed E-state index contributed by atoms with van der Waals surface area (Å²) in [6, 6.07) is -1.64. The molecule has 50 heavy (non-hydrogen) atoms. The van der Waals surface area contributed by atoms with E-state index < -0.39 is 24.3 Å². The summed E-state index contributed by atoms with van der Waals surface area (Å²) in [4.78, 5) is 72.0. The number of ether oxygens (including phenoxy) is 2. The first-order valence-electron chi connectivity index (χ1n) is 18.3. The minimum absolute atomic E-state index is 0.0172. The molecule has 7 rings (SSSR count). The van der Waals surface area contributed by atoms with E-state index in [4.69, 9.17) is 19.4 Å². The maximum Gasteiger partial charge on any atom is 0.407 e. The fraction of sp³-hybridized carbons (Fsp3) is 0.722. The first kappa shape index (κ1) is 35.7. The quantitative estimate of drug-likeness (QED) is 0.275. The molecule has 2 saturated heterocycles. The van der Waals surface area contributed by atoms with Crippen LogP contribution in [0.15, 0.2) is 12.4 Å². The van der Waals surface area contributed by atoms with Crippen LogP contribution in [0.1, 0.15) is 127 Å². The zero-order valence-corrected chi connectivity index (χ0v) is 30.3. The second-order valence-corrected chi connectivity index (χ2v) is 15.5. The van der Waals surface area contributed by atoms with Gasteiger partial charge < -0.3 is 39.9 Å². The van der Waals surface area contributed by atoms with Crippen LogP contribution >= 0.6 is 0 Å². The van der Waals surface area contributed by atoms with Crippen LogP contribution in [0.25, 0.3) is 0 Å². The van der Waals surface area contributed by atoms with E-state index in [1.807, 2.05) is 49.9 Å². The minimum Gasteiger partial charge on any atom is -0.453 e. The van der Waals surface area contributed by atoms with Crippen molar-refractivity contribution in [1.29, 1.82) is 0 Å². The Hall–Kier alpha value is -4.10. The first-order chi connectivity index (χ1) is 23.9. The molecule has 0 aromatic carbocycles. The summed E-state index contributed by atoms with van der Waals surface area (Å²) in [7, 11) is 2.61. The van der Waals surface area contributed by atoms with Crippen LogP contribution < -0.4 is 10.6 Å². The lowest BCUT2D eigenvalue weighted by molar-refractivity contribution is -0.136. The van der Waals surface area contributed by atoms with Gasteiger partial charge in [-0.1, -0.05) is 27.7 Å². The molecule has 5 aliphatic rings. The van der Waals surface area contributed by atoms with E-state index in [-0.39, 0.29) is 46.6 Å². The molecule has 4 atom stereocenters. The number of methoxy groups -OCH3 is 2. The van der Waals surface area contributed by atoms with Crippen LogP contribution in [-0.4, -0.2) is 93.1 Å². The van der Waals surface area contributed by atoms with E-state index in [0.29, 0.717) is 13.1 Å². The van der Waals surface area contributed by atoms with Gasteiger partial charge >= 0.3 is 12.2 Å². The Morgan fingerprint density at radius 2 is 1.06 bits per heavy atom. The third-order valence-corrected chi connectivity index (χ3v) is 12.1. The molecule has 3 aliphatic carbocycles. The molecule has 4 amide bonds. The molecule has 3 unspecified atom stereocenters. The predicted molar refractivity (Wildman–Crippen MR) is 184 cm³/mol. The van der Waals surface area contributed by atoms with Crippen LogP contribution in [0.3, 0.4) is 0 Å². The van der Waals surface area contributed by atoms with Crippen LogP contribution in [0, 0.1) is 11.8 Å². The second kappa shape index (κ2) is 14.3. The number of hydrogen-bond acceptors (Lipinski definition) is 8. The monoisotopic (exact) mass is 694 g/mol. The average Bonchev–Trinajstić information content (AvgIpc) is 3.95. The molecule has 4 N–H and O–H groups in total. The second-order valence-electron chi connectivity index (χ2n) is 15.5. The Morgan fingerprint density at radius 3 is 1.38 bits per heavy atom. The van der Waals surface area contributed by atoms with E-state index in [2.05, 4.69) is 20.6 Å². The normalized spacial score (nSPS) is 27.4. The van der Waals surface area contributed by atoms with Crippen molar-refractivity contribution < 1.29 is 28.7 Å². The van der Waals surface area contributed by atoms with E-state index in [1.54, 1.807) is 0 Å². The summed E-state index contributed by atoms with van der Waals surface area (Å²) in [5.41, 5.74) is 2.34. The molecule has 14 nitrogen and oxygen atoms in total. The number of likely N-dealkylation sites (tertiary alicyclic amines) is 2.